The molecule has 0 spiro atoms. The molecule has 0 radical (unpaired) electrons. The molecule has 1 aliphatic heterocycles. The van der Waals surface area contributed by atoms with Crippen LogP contribution in [0, 0.1) is 0 Å². The number of fused-ring (bicyclic) bond motifs is 1. The number of carbonyl (C=O) groups excluding carboxylic acids is 1. The zero-order valence-corrected chi connectivity index (χ0v) is 16.8. The van der Waals surface area contributed by atoms with Crippen molar-refractivity contribution < 1.29 is 14.3 Å². The molecular formula is C21H23N3O3S. The number of carbonyl (C=O) groups is 1. The number of rotatable bonds is 5. The van der Waals surface area contributed by atoms with Crippen molar-refractivity contribution in [3.05, 3.63) is 48.5 Å². The molecule has 1 fully saturated rings. The van der Waals surface area contributed by atoms with Crippen molar-refractivity contribution in [1.29, 1.82) is 0 Å². The number of hydrogen-bond donors (Lipinski definition) is 0. The van der Waals surface area contributed by atoms with Crippen LogP contribution in [0.4, 0.5) is 0 Å². The number of aromatic nitrogens is 2. The minimum absolute atomic E-state index is 0.127. The van der Waals surface area contributed by atoms with E-state index in [-0.39, 0.29) is 11.2 Å². The highest BCUT2D eigenvalue weighted by Crippen LogP contribution is 2.31. The fourth-order valence-corrected chi connectivity index (χ4v) is 4.34. The Labute approximate surface area is 168 Å². The van der Waals surface area contributed by atoms with Gasteiger partial charge in [-0.2, -0.15) is 0 Å². The van der Waals surface area contributed by atoms with Crippen LogP contribution in [0.15, 0.2) is 53.7 Å². The second-order valence-corrected chi connectivity index (χ2v) is 7.92. The van der Waals surface area contributed by atoms with E-state index in [1.807, 2.05) is 60.4 Å². The fraction of sp³-hybridized carbons (Fsp3) is 0.333. The van der Waals surface area contributed by atoms with Gasteiger partial charge in [0.2, 0.25) is 5.91 Å². The quantitative estimate of drug-likeness (QED) is 0.618. The second kappa shape index (κ2) is 8.24. The van der Waals surface area contributed by atoms with Crippen molar-refractivity contribution in [2.24, 2.45) is 0 Å². The zero-order chi connectivity index (χ0) is 19.5. The van der Waals surface area contributed by atoms with Gasteiger partial charge in [-0.05, 0) is 43.3 Å². The van der Waals surface area contributed by atoms with Gasteiger partial charge in [0.05, 0.1) is 36.6 Å². The van der Waals surface area contributed by atoms with E-state index in [9.17, 15) is 4.79 Å². The molecule has 0 bridgehead atoms. The highest BCUT2D eigenvalue weighted by Gasteiger charge is 2.25. The Morgan fingerprint density at radius 1 is 1.14 bits per heavy atom. The third kappa shape index (κ3) is 3.72. The van der Waals surface area contributed by atoms with Crippen LogP contribution >= 0.6 is 11.8 Å². The first kappa shape index (κ1) is 18.8. The predicted molar refractivity (Wildman–Crippen MR) is 110 cm³/mol. The van der Waals surface area contributed by atoms with E-state index in [4.69, 9.17) is 14.5 Å². The number of methoxy groups -OCH3 is 1. The molecule has 0 saturated carbocycles. The van der Waals surface area contributed by atoms with E-state index in [0.29, 0.717) is 26.3 Å². The lowest BCUT2D eigenvalue weighted by Crippen LogP contribution is -2.44. The van der Waals surface area contributed by atoms with Crippen molar-refractivity contribution in [3.63, 3.8) is 0 Å². The van der Waals surface area contributed by atoms with E-state index in [0.717, 1.165) is 27.6 Å². The topological polar surface area (TPSA) is 56.6 Å². The van der Waals surface area contributed by atoms with Crippen molar-refractivity contribution in [1.82, 2.24) is 14.5 Å². The number of para-hydroxylation sites is 2. The van der Waals surface area contributed by atoms with Crippen molar-refractivity contribution >= 4 is 28.7 Å². The van der Waals surface area contributed by atoms with E-state index < -0.39 is 0 Å². The summed E-state index contributed by atoms with van der Waals surface area (Å²) in [4.78, 5) is 19.5. The summed E-state index contributed by atoms with van der Waals surface area (Å²) < 4.78 is 12.7. The standard InChI is InChI=1S/C21H23N3O3S/c1-15(20(25)23-11-13-27-14-12-23)28-21-22-18-5-3-4-6-19(18)24(21)16-7-9-17(26-2)10-8-16/h3-10,15H,11-14H2,1-2H3. The fourth-order valence-electron chi connectivity index (χ4n) is 3.31. The maximum absolute atomic E-state index is 12.8. The number of nitrogens with zero attached hydrogens (tertiary/aromatic N) is 3. The molecule has 1 amide bonds. The predicted octanol–water partition coefficient (Wildman–Crippen LogP) is 3.37. The maximum Gasteiger partial charge on any atom is 0.236 e. The van der Waals surface area contributed by atoms with Gasteiger partial charge in [-0.15, -0.1) is 0 Å². The van der Waals surface area contributed by atoms with Crippen LogP contribution < -0.4 is 4.74 Å². The Morgan fingerprint density at radius 2 is 1.86 bits per heavy atom. The molecule has 4 rings (SSSR count). The first-order valence-corrected chi connectivity index (χ1v) is 10.2. The Balaban J connectivity index is 1.67. The smallest absolute Gasteiger partial charge is 0.236 e. The molecule has 1 atom stereocenters. The molecule has 1 aromatic heterocycles. The number of ether oxygens (including phenoxy) is 2. The van der Waals surface area contributed by atoms with Gasteiger partial charge in [-0.1, -0.05) is 23.9 Å². The first-order valence-electron chi connectivity index (χ1n) is 9.32. The summed E-state index contributed by atoms with van der Waals surface area (Å²) in [6, 6.07) is 15.9. The van der Waals surface area contributed by atoms with Gasteiger partial charge in [0, 0.05) is 18.8 Å². The molecular weight excluding hydrogens is 374 g/mol. The number of imidazole rings is 1. The monoisotopic (exact) mass is 397 g/mol. The minimum Gasteiger partial charge on any atom is -0.497 e. The van der Waals surface area contributed by atoms with Crippen LogP contribution in [0.3, 0.4) is 0 Å². The summed E-state index contributed by atoms with van der Waals surface area (Å²) in [5, 5.41) is 0.576. The third-order valence-corrected chi connectivity index (χ3v) is 5.85. The molecule has 28 heavy (non-hydrogen) atoms. The van der Waals surface area contributed by atoms with E-state index in [1.165, 1.54) is 11.8 Å². The first-order chi connectivity index (χ1) is 13.7. The Bertz CT molecular complexity index is 965. The van der Waals surface area contributed by atoms with Crippen LogP contribution in [-0.2, 0) is 9.53 Å². The largest absolute Gasteiger partial charge is 0.497 e. The number of hydrogen-bond acceptors (Lipinski definition) is 5. The Hall–Kier alpha value is -2.51. The third-order valence-electron chi connectivity index (χ3n) is 4.81. The van der Waals surface area contributed by atoms with Crippen molar-refractivity contribution in [2.75, 3.05) is 33.4 Å². The van der Waals surface area contributed by atoms with Crippen LogP contribution in [0.1, 0.15) is 6.92 Å². The number of amides is 1. The lowest BCUT2D eigenvalue weighted by Gasteiger charge is -2.29. The normalized spacial score (nSPS) is 15.6. The average molecular weight is 398 g/mol. The number of benzene rings is 2. The minimum atomic E-state index is -0.230. The Morgan fingerprint density at radius 3 is 2.57 bits per heavy atom. The average Bonchev–Trinajstić information content (AvgIpc) is 3.11. The van der Waals surface area contributed by atoms with Crippen molar-refractivity contribution in [2.45, 2.75) is 17.3 Å². The van der Waals surface area contributed by atoms with Gasteiger partial charge in [-0.3, -0.25) is 9.36 Å². The van der Waals surface area contributed by atoms with Gasteiger partial charge in [0.1, 0.15) is 5.75 Å². The molecule has 0 N–H and O–H groups in total. The molecule has 1 aliphatic rings. The lowest BCUT2D eigenvalue weighted by molar-refractivity contribution is -0.134. The van der Waals surface area contributed by atoms with E-state index in [2.05, 4.69) is 4.57 Å². The van der Waals surface area contributed by atoms with Crippen LogP contribution in [-0.4, -0.2) is 59.0 Å². The van der Waals surface area contributed by atoms with Gasteiger partial charge in [0.15, 0.2) is 5.16 Å². The highest BCUT2D eigenvalue weighted by molar-refractivity contribution is 8.00. The molecule has 1 saturated heterocycles. The summed E-state index contributed by atoms with van der Waals surface area (Å²) >= 11 is 1.49. The molecule has 0 aliphatic carbocycles. The van der Waals surface area contributed by atoms with E-state index in [1.54, 1.807) is 7.11 Å². The molecule has 7 heteroatoms. The van der Waals surface area contributed by atoms with Gasteiger partial charge in [0.25, 0.3) is 0 Å². The Kier molecular flexibility index (Phi) is 5.54. The van der Waals surface area contributed by atoms with E-state index >= 15 is 0 Å². The summed E-state index contributed by atoms with van der Waals surface area (Å²) in [5.74, 6) is 0.930. The van der Waals surface area contributed by atoms with Crippen LogP contribution in [0.2, 0.25) is 0 Å². The van der Waals surface area contributed by atoms with Gasteiger partial charge in [-0.25, -0.2) is 4.98 Å². The molecule has 3 aromatic rings. The molecule has 2 aromatic carbocycles. The van der Waals surface area contributed by atoms with Gasteiger partial charge < -0.3 is 14.4 Å². The molecule has 1 unspecified atom stereocenters. The maximum atomic E-state index is 12.8. The van der Waals surface area contributed by atoms with Crippen LogP contribution in [0.5, 0.6) is 5.75 Å². The van der Waals surface area contributed by atoms with Crippen LogP contribution in [0.25, 0.3) is 16.7 Å². The number of thioether (sulfide) groups is 1. The summed E-state index contributed by atoms with van der Waals surface area (Å²) in [5.41, 5.74) is 2.91. The SMILES string of the molecule is COc1ccc(-n2c(SC(C)C(=O)N3CCOCC3)nc3ccccc32)cc1. The molecule has 2 heterocycles. The second-order valence-electron chi connectivity index (χ2n) is 6.61. The zero-order valence-electron chi connectivity index (χ0n) is 16.0. The summed E-state index contributed by atoms with van der Waals surface area (Å²) in [7, 11) is 1.65. The lowest BCUT2D eigenvalue weighted by atomic mass is 10.2. The van der Waals surface area contributed by atoms with Crippen molar-refractivity contribution in [3.8, 4) is 11.4 Å². The summed E-state index contributed by atoms with van der Waals surface area (Å²) in [6.45, 7) is 4.46. The molecule has 6 nitrogen and oxygen atoms in total. The summed E-state index contributed by atoms with van der Waals surface area (Å²) in [6.07, 6.45) is 0. The molecule has 146 valence electrons. The highest BCUT2D eigenvalue weighted by atomic mass is 32.2. The van der Waals surface area contributed by atoms with Gasteiger partial charge >= 0.3 is 0 Å². The number of morpholine rings is 1.